The number of allylic oxidation sites excluding steroid dienone is 2. The average molecular weight is 382 g/mol. The van der Waals surface area contributed by atoms with Crippen LogP contribution in [0.1, 0.15) is 22.4 Å². The quantitative estimate of drug-likeness (QED) is 0.777. The van der Waals surface area contributed by atoms with Gasteiger partial charge >= 0.3 is 5.97 Å². The summed E-state index contributed by atoms with van der Waals surface area (Å²) in [5.74, 6) is -2.31. The topological polar surface area (TPSA) is 79.3 Å². The molecule has 1 saturated carbocycles. The second-order valence-corrected chi connectivity index (χ2v) is 8.77. The van der Waals surface area contributed by atoms with Crippen molar-refractivity contribution in [3.8, 4) is 11.3 Å². The minimum Gasteiger partial charge on any atom is -0.481 e. The first-order chi connectivity index (χ1) is 12.8. The summed E-state index contributed by atoms with van der Waals surface area (Å²) >= 11 is 1.43. The molecule has 2 aliphatic rings. The number of carbonyl (C=O) groups excluding carboxylic acids is 1. The van der Waals surface area contributed by atoms with E-state index in [1.54, 1.807) is 0 Å². The molecule has 140 valence electrons. The summed E-state index contributed by atoms with van der Waals surface area (Å²) in [5.41, 5.74) is 4.23. The Hall–Kier alpha value is -2.47. The van der Waals surface area contributed by atoms with Crippen LogP contribution in [0, 0.1) is 44.4 Å². The predicted octanol–water partition coefficient (Wildman–Crippen LogP) is 4.20. The highest BCUT2D eigenvalue weighted by Gasteiger charge is 2.51. The van der Waals surface area contributed by atoms with Crippen molar-refractivity contribution in [2.45, 2.75) is 27.2 Å². The van der Waals surface area contributed by atoms with Crippen LogP contribution in [0.2, 0.25) is 0 Å². The third-order valence-corrected chi connectivity index (χ3v) is 6.61. The number of hydrogen-bond acceptors (Lipinski definition) is 4. The maximum Gasteiger partial charge on any atom is 0.307 e. The van der Waals surface area contributed by atoms with Crippen LogP contribution in [0.5, 0.6) is 0 Å². The van der Waals surface area contributed by atoms with E-state index in [4.69, 9.17) is 0 Å². The number of carboxylic acid groups (broad SMARTS) is 1. The number of thiazole rings is 1. The molecule has 0 unspecified atom stereocenters. The monoisotopic (exact) mass is 382 g/mol. The molecule has 2 aliphatic carbocycles. The average Bonchev–Trinajstić information content (AvgIpc) is 3.31. The molecule has 1 heterocycles. The van der Waals surface area contributed by atoms with Crippen molar-refractivity contribution in [1.29, 1.82) is 0 Å². The SMILES string of the molecule is Cc1ccc(C)c(-c2nc(NC(=O)[C@@H]3[C@@H](C(=O)O)[C@H]4C=C[C@H]3C4)sc2C)c1. The Kier molecular flexibility index (Phi) is 4.38. The molecule has 0 spiro atoms. The summed E-state index contributed by atoms with van der Waals surface area (Å²) < 4.78 is 0. The number of nitrogens with one attached hydrogen (secondary N) is 1. The number of rotatable bonds is 4. The molecule has 1 fully saturated rings. The summed E-state index contributed by atoms with van der Waals surface area (Å²) in [4.78, 5) is 30.2. The van der Waals surface area contributed by atoms with Crippen molar-refractivity contribution in [2.75, 3.05) is 5.32 Å². The third kappa shape index (κ3) is 3.08. The van der Waals surface area contributed by atoms with Gasteiger partial charge in [0.1, 0.15) is 0 Å². The van der Waals surface area contributed by atoms with Crippen LogP contribution in [0.4, 0.5) is 5.13 Å². The number of aryl methyl sites for hydroxylation is 3. The molecule has 6 heteroatoms. The van der Waals surface area contributed by atoms with Crippen LogP contribution < -0.4 is 5.32 Å². The van der Waals surface area contributed by atoms with Crippen LogP contribution in [0.3, 0.4) is 0 Å². The standard InChI is InChI=1S/C21H22N2O3S/c1-10-4-5-11(2)15(8-10)18-12(3)27-21(22-18)23-19(24)16-13-6-7-14(9-13)17(16)20(25)26/h4-8,13-14,16-17H,9H2,1-3H3,(H,25,26)(H,22,23,24)/t13-,14-,16-,17-/m0/s1. The van der Waals surface area contributed by atoms with Gasteiger partial charge in [-0.1, -0.05) is 29.8 Å². The number of aromatic nitrogens is 1. The van der Waals surface area contributed by atoms with E-state index in [-0.39, 0.29) is 17.7 Å². The molecule has 2 N–H and O–H groups in total. The molecular formula is C21H22N2O3S. The second-order valence-electron chi connectivity index (χ2n) is 7.57. The number of fused-ring (bicyclic) bond motifs is 2. The Bertz CT molecular complexity index is 962. The van der Waals surface area contributed by atoms with Crippen molar-refractivity contribution < 1.29 is 14.7 Å². The van der Waals surface area contributed by atoms with Crippen molar-refractivity contribution in [1.82, 2.24) is 4.98 Å². The van der Waals surface area contributed by atoms with Crippen LogP contribution >= 0.6 is 11.3 Å². The number of hydrogen-bond donors (Lipinski definition) is 2. The fourth-order valence-electron chi connectivity index (χ4n) is 4.40. The van der Waals surface area contributed by atoms with Gasteiger partial charge in [-0.15, -0.1) is 11.3 Å². The third-order valence-electron chi connectivity index (χ3n) is 5.72. The minimum absolute atomic E-state index is 0.00986. The van der Waals surface area contributed by atoms with E-state index in [0.717, 1.165) is 33.7 Å². The normalized spacial score (nSPS) is 25.7. The number of benzene rings is 1. The highest BCUT2D eigenvalue weighted by molar-refractivity contribution is 7.16. The van der Waals surface area contributed by atoms with Crippen molar-refractivity contribution in [3.05, 3.63) is 46.4 Å². The van der Waals surface area contributed by atoms with Crippen molar-refractivity contribution in [2.24, 2.45) is 23.7 Å². The zero-order valence-electron chi connectivity index (χ0n) is 15.5. The molecule has 2 aromatic rings. The van der Waals surface area contributed by atoms with E-state index in [1.165, 1.54) is 11.3 Å². The molecule has 2 bridgehead atoms. The molecular weight excluding hydrogens is 360 g/mol. The number of carbonyl (C=O) groups is 2. The molecule has 1 aromatic carbocycles. The van der Waals surface area contributed by atoms with Gasteiger partial charge in [-0.2, -0.15) is 0 Å². The second kappa shape index (κ2) is 6.60. The summed E-state index contributed by atoms with van der Waals surface area (Å²) in [6.45, 7) is 6.08. The van der Waals surface area contributed by atoms with Gasteiger partial charge < -0.3 is 10.4 Å². The lowest BCUT2D eigenvalue weighted by Crippen LogP contribution is -2.36. The molecule has 0 saturated heterocycles. The summed E-state index contributed by atoms with van der Waals surface area (Å²) in [6.07, 6.45) is 4.68. The van der Waals surface area contributed by atoms with Gasteiger partial charge in [0.25, 0.3) is 0 Å². The summed E-state index contributed by atoms with van der Waals surface area (Å²) in [5, 5.41) is 13.0. The van der Waals surface area contributed by atoms with E-state index in [9.17, 15) is 14.7 Å². The first kappa shape index (κ1) is 17.9. The van der Waals surface area contributed by atoms with Crippen molar-refractivity contribution >= 4 is 28.3 Å². The number of amides is 1. The van der Waals surface area contributed by atoms with Gasteiger partial charge in [-0.05, 0) is 50.7 Å². The zero-order chi connectivity index (χ0) is 19.3. The zero-order valence-corrected chi connectivity index (χ0v) is 16.3. The Morgan fingerprint density at radius 1 is 1.15 bits per heavy atom. The molecule has 4 atom stereocenters. The fourth-order valence-corrected chi connectivity index (χ4v) is 5.23. The van der Waals surface area contributed by atoms with Gasteiger partial charge in [-0.3, -0.25) is 9.59 Å². The highest BCUT2D eigenvalue weighted by Crippen LogP contribution is 2.48. The first-order valence-corrected chi connectivity index (χ1v) is 9.94. The van der Waals surface area contributed by atoms with E-state index < -0.39 is 17.8 Å². The summed E-state index contributed by atoms with van der Waals surface area (Å²) in [7, 11) is 0. The van der Waals surface area contributed by atoms with E-state index in [1.807, 2.05) is 32.9 Å². The smallest absolute Gasteiger partial charge is 0.307 e. The van der Waals surface area contributed by atoms with E-state index in [0.29, 0.717) is 5.13 Å². The van der Waals surface area contributed by atoms with Crippen LogP contribution in [-0.2, 0) is 9.59 Å². The van der Waals surface area contributed by atoms with Gasteiger partial charge in [0, 0.05) is 10.4 Å². The molecule has 0 radical (unpaired) electrons. The van der Waals surface area contributed by atoms with Gasteiger partial charge in [0.2, 0.25) is 5.91 Å². The predicted molar refractivity (Wildman–Crippen MR) is 106 cm³/mol. The lowest BCUT2D eigenvalue weighted by atomic mass is 9.82. The van der Waals surface area contributed by atoms with Gasteiger partial charge in [0.15, 0.2) is 5.13 Å². The maximum absolute atomic E-state index is 12.9. The van der Waals surface area contributed by atoms with Crippen LogP contribution in [0.15, 0.2) is 30.4 Å². The maximum atomic E-state index is 12.9. The Morgan fingerprint density at radius 2 is 1.85 bits per heavy atom. The number of carboxylic acids is 1. The Labute approximate surface area is 162 Å². The van der Waals surface area contributed by atoms with E-state index >= 15 is 0 Å². The van der Waals surface area contributed by atoms with E-state index in [2.05, 4.69) is 28.5 Å². The number of nitrogens with zero attached hydrogens (tertiary/aromatic N) is 1. The van der Waals surface area contributed by atoms with Gasteiger partial charge in [0.05, 0.1) is 17.5 Å². The van der Waals surface area contributed by atoms with Crippen LogP contribution in [-0.4, -0.2) is 22.0 Å². The molecule has 4 rings (SSSR count). The summed E-state index contributed by atoms with van der Waals surface area (Å²) in [6, 6.07) is 6.24. The largest absolute Gasteiger partial charge is 0.481 e. The number of anilines is 1. The minimum atomic E-state index is -0.890. The molecule has 1 aromatic heterocycles. The molecule has 27 heavy (non-hydrogen) atoms. The first-order valence-electron chi connectivity index (χ1n) is 9.12. The lowest BCUT2D eigenvalue weighted by molar-refractivity contribution is -0.146. The Morgan fingerprint density at radius 3 is 2.56 bits per heavy atom. The fraction of sp³-hybridized carbons (Fsp3) is 0.381. The molecule has 0 aliphatic heterocycles. The van der Waals surface area contributed by atoms with Crippen LogP contribution in [0.25, 0.3) is 11.3 Å². The van der Waals surface area contributed by atoms with Gasteiger partial charge in [-0.25, -0.2) is 4.98 Å². The highest BCUT2D eigenvalue weighted by atomic mass is 32.1. The van der Waals surface area contributed by atoms with Crippen molar-refractivity contribution in [3.63, 3.8) is 0 Å². The molecule has 5 nitrogen and oxygen atoms in total. The Balaban J connectivity index is 1.59. The molecule has 1 amide bonds. The lowest BCUT2D eigenvalue weighted by Gasteiger charge is -2.23. The number of aliphatic carboxylic acids is 1.